The van der Waals surface area contributed by atoms with Crippen molar-refractivity contribution in [3.63, 3.8) is 0 Å². The molecule has 33 heavy (non-hydrogen) atoms. The Balaban J connectivity index is 1.53. The van der Waals surface area contributed by atoms with Gasteiger partial charge in [-0.2, -0.15) is 0 Å². The van der Waals surface area contributed by atoms with Crippen LogP contribution in [0.4, 0.5) is 8.78 Å². The highest BCUT2D eigenvalue weighted by atomic mass is 19.2. The minimum absolute atomic E-state index is 0.157. The number of ether oxygens (including phenoxy) is 1. The molecule has 2 heterocycles. The van der Waals surface area contributed by atoms with Crippen molar-refractivity contribution in [3.05, 3.63) is 80.5 Å². The number of aromatic amines is 1. The summed E-state index contributed by atoms with van der Waals surface area (Å²) in [5.41, 5.74) is 0.178. The number of benzene rings is 2. The molecule has 1 fully saturated rings. The van der Waals surface area contributed by atoms with Gasteiger partial charge < -0.3 is 14.6 Å². The summed E-state index contributed by atoms with van der Waals surface area (Å²) in [5.74, 6) is -3.18. The van der Waals surface area contributed by atoms with Gasteiger partial charge >= 0.3 is 11.7 Å². The molecular weight excluding hydrogens is 432 g/mol. The standard InChI is InChI=1S/C24H25F2N3O4/c1-2-33-23(31)18-14-28(10-9-16(18)15-7-8-19(25)20(26)13-15)11-12-29-22(30)17-5-3-4-6-21(17)27-24(29)32/h3-8,13,16,18H,2,9-12,14H2,1H3,(H,27,32)/t16-,18-/m1/s1. The Morgan fingerprint density at radius 3 is 2.67 bits per heavy atom. The van der Waals surface area contributed by atoms with Gasteiger partial charge in [0.25, 0.3) is 5.56 Å². The number of halogens is 2. The lowest BCUT2D eigenvalue weighted by molar-refractivity contribution is -0.150. The molecule has 0 saturated carbocycles. The molecule has 9 heteroatoms. The highest BCUT2D eigenvalue weighted by molar-refractivity contribution is 5.77. The van der Waals surface area contributed by atoms with Crippen LogP contribution in [0.2, 0.25) is 0 Å². The molecule has 2 atom stereocenters. The fraction of sp³-hybridized carbons (Fsp3) is 0.375. The maximum absolute atomic E-state index is 13.8. The largest absolute Gasteiger partial charge is 0.466 e. The molecule has 1 aliphatic rings. The molecule has 7 nitrogen and oxygen atoms in total. The van der Waals surface area contributed by atoms with Crippen LogP contribution >= 0.6 is 0 Å². The second kappa shape index (κ2) is 9.66. The van der Waals surface area contributed by atoms with Crippen molar-refractivity contribution in [2.75, 3.05) is 26.2 Å². The van der Waals surface area contributed by atoms with Crippen molar-refractivity contribution in [1.29, 1.82) is 0 Å². The van der Waals surface area contributed by atoms with E-state index in [1.165, 1.54) is 6.07 Å². The molecule has 174 valence electrons. The Morgan fingerprint density at radius 2 is 1.91 bits per heavy atom. The number of hydrogen-bond donors (Lipinski definition) is 1. The van der Waals surface area contributed by atoms with Crippen LogP contribution < -0.4 is 11.2 Å². The lowest BCUT2D eigenvalue weighted by Crippen LogP contribution is -2.46. The highest BCUT2D eigenvalue weighted by Gasteiger charge is 2.36. The van der Waals surface area contributed by atoms with Crippen LogP contribution in [0.5, 0.6) is 0 Å². The molecule has 3 aromatic rings. The Morgan fingerprint density at radius 1 is 1.12 bits per heavy atom. The summed E-state index contributed by atoms with van der Waals surface area (Å²) >= 11 is 0. The number of nitrogens with zero attached hydrogens (tertiary/aromatic N) is 2. The molecule has 0 radical (unpaired) electrons. The fourth-order valence-electron chi connectivity index (χ4n) is 4.50. The first kappa shape index (κ1) is 22.8. The van der Waals surface area contributed by atoms with E-state index < -0.39 is 29.2 Å². The van der Waals surface area contributed by atoms with Gasteiger partial charge in [0.05, 0.1) is 23.4 Å². The Hall–Kier alpha value is -3.33. The number of H-pyrrole nitrogens is 1. The normalized spacial score (nSPS) is 19.0. The highest BCUT2D eigenvalue weighted by Crippen LogP contribution is 2.34. The van der Waals surface area contributed by atoms with Crippen LogP contribution in [-0.4, -0.2) is 46.7 Å². The van der Waals surface area contributed by atoms with Gasteiger partial charge in [-0.25, -0.2) is 13.6 Å². The number of carbonyl (C=O) groups excluding carboxylic acids is 1. The van der Waals surface area contributed by atoms with E-state index in [1.807, 2.05) is 4.90 Å². The van der Waals surface area contributed by atoms with E-state index in [9.17, 15) is 23.2 Å². The monoisotopic (exact) mass is 457 g/mol. The summed E-state index contributed by atoms with van der Waals surface area (Å²) in [6, 6.07) is 10.5. The van der Waals surface area contributed by atoms with E-state index in [4.69, 9.17) is 4.74 Å². The summed E-state index contributed by atoms with van der Waals surface area (Å²) in [6.45, 7) is 3.35. The molecule has 0 bridgehead atoms. The Kier molecular flexibility index (Phi) is 6.69. The van der Waals surface area contributed by atoms with Crippen LogP contribution in [0.25, 0.3) is 10.9 Å². The number of rotatable bonds is 6. The number of esters is 1. The molecule has 0 unspecified atom stereocenters. The maximum atomic E-state index is 13.8. The number of carbonyl (C=O) groups is 1. The van der Waals surface area contributed by atoms with Crippen molar-refractivity contribution in [1.82, 2.24) is 14.5 Å². The van der Waals surface area contributed by atoms with Gasteiger partial charge in [0.2, 0.25) is 0 Å². The van der Waals surface area contributed by atoms with Gasteiger partial charge in [0, 0.05) is 19.6 Å². The summed E-state index contributed by atoms with van der Waals surface area (Å²) in [6.07, 6.45) is 0.525. The number of piperidine rings is 1. The molecule has 2 aromatic carbocycles. The zero-order valence-electron chi connectivity index (χ0n) is 18.2. The van der Waals surface area contributed by atoms with E-state index in [2.05, 4.69) is 4.98 Å². The third kappa shape index (κ3) is 4.73. The van der Waals surface area contributed by atoms with Gasteiger partial charge in [-0.15, -0.1) is 0 Å². The summed E-state index contributed by atoms with van der Waals surface area (Å²) in [5, 5.41) is 0.429. The number of hydrogen-bond acceptors (Lipinski definition) is 5. The van der Waals surface area contributed by atoms with Gasteiger partial charge in [0.15, 0.2) is 11.6 Å². The number of para-hydroxylation sites is 1. The van der Waals surface area contributed by atoms with Crippen LogP contribution in [0.15, 0.2) is 52.1 Å². The zero-order valence-corrected chi connectivity index (χ0v) is 18.2. The van der Waals surface area contributed by atoms with Gasteiger partial charge in [-0.05, 0) is 55.6 Å². The predicted octanol–water partition coefficient (Wildman–Crippen LogP) is 2.64. The summed E-state index contributed by atoms with van der Waals surface area (Å²) < 4.78 is 33.6. The van der Waals surface area contributed by atoms with E-state index in [1.54, 1.807) is 31.2 Å². The lowest BCUT2D eigenvalue weighted by Gasteiger charge is -2.37. The van der Waals surface area contributed by atoms with Crippen molar-refractivity contribution in [3.8, 4) is 0 Å². The minimum Gasteiger partial charge on any atom is -0.466 e. The molecule has 1 aliphatic heterocycles. The third-order valence-corrected chi connectivity index (χ3v) is 6.19. The van der Waals surface area contributed by atoms with Crippen molar-refractivity contribution >= 4 is 16.9 Å². The maximum Gasteiger partial charge on any atom is 0.328 e. The molecule has 1 aromatic heterocycles. The molecule has 0 amide bonds. The summed E-state index contributed by atoms with van der Waals surface area (Å²) in [4.78, 5) is 42.6. The number of nitrogens with one attached hydrogen (secondary N) is 1. The van der Waals surface area contributed by atoms with Crippen LogP contribution in [0.3, 0.4) is 0 Å². The number of aromatic nitrogens is 2. The van der Waals surface area contributed by atoms with E-state index in [-0.39, 0.29) is 24.6 Å². The van der Waals surface area contributed by atoms with Gasteiger partial charge in [-0.3, -0.25) is 14.2 Å². The first-order valence-electron chi connectivity index (χ1n) is 10.9. The van der Waals surface area contributed by atoms with Crippen LogP contribution in [0, 0.1) is 17.6 Å². The van der Waals surface area contributed by atoms with E-state index >= 15 is 0 Å². The predicted molar refractivity (Wildman–Crippen MR) is 119 cm³/mol. The fourth-order valence-corrected chi connectivity index (χ4v) is 4.50. The lowest BCUT2D eigenvalue weighted by atomic mass is 9.80. The number of fused-ring (bicyclic) bond motifs is 1. The second-order valence-corrected chi connectivity index (χ2v) is 8.16. The second-order valence-electron chi connectivity index (χ2n) is 8.16. The Bertz CT molecular complexity index is 1290. The average Bonchev–Trinajstić information content (AvgIpc) is 2.81. The van der Waals surface area contributed by atoms with E-state index in [0.29, 0.717) is 42.5 Å². The SMILES string of the molecule is CCOC(=O)[C@@H]1CN(CCn2c(=O)[nH]c3ccccc3c2=O)CC[C@@H]1c1ccc(F)c(F)c1. The molecule has 1 N–H and O–H groups in total. The molecule has 4 rings (SSSR count). The van der Waals surface area contributed by atoms with Crippen molar-refractivity contribution < 1.29 is 18.3 Å². The van der Waals surface area contributed by atoms with Gasteiger partial charge in [-0.1, -0.05) is 18.2 Å². The van der Waals surface area contributed by atoms with Crippen molar-refractivity contribution in [2.24, 2.45) is 5.92 Å². The molecule has 0 aliphatic carbocycles. The zero-order chi connectivity index (χ0) is 23.5. The number of likely N-dealkylation sites (tertiary alicyclic amines) is 1. The first-order chi connectivity index (χ1) is 15.9. The Labute approximate surface area is 188 Å². The van der Waals surface area contributed by atoms with Crippen LogP contribution in [-0.2, 0) is 16.1 Å². The van der Waals surface area contributed by atoms with Crippen molar-refractivity contribution in [2.45, 2.75) is 25.8 Å². The average molecular weight is 457 g/mol. The van der Waals surface area contributed by atoms with Gasteiger partial charge in [0.1, 0.15) is 0 Å². The molecule has 1 saturated heterocycles. The quantitative estimate of drug-likeness (QED) is 0.576. The minimum atomic E-state index is -0.951. The molecular formula is C24H25F2N3O4. The first-order valence-corrected chi connectivity index (χ1v) is 10.9. The van der Waals surface area contributed by atoms with Crippen LogP contribution in [0.1, 0.15) is 24.8 Å². The summed E-state index contributed by atoms with van der Waals surface area (Å²) in [7, 11) is 0. The smallest absolute Gasteiger partial charge is 0.328 e. The topological polar surface area (TPSA) is 84.4 Å². The van der Waals surface area contributed by atoms with E-state index in [0.717, 1.165) is 16.7 Å². The third-order valence-electron chi connectivity index (χ3n) is 6.19. The molecule has 0 spiro atoms.